The lowest BCUT2D eigenvalue weighted by molar-refractivity contribution is 0.0386. The molecule has 0 aliphatic carbocycles. The number of carboxylic acid groups (broad SMARTS) is 2. The molecular formula is C30H14Cl4O11. The smallest absolute Gasteiger partial charge is 0.346 e. The molecule has 4 rings (SSSR count). The lowest BCUT2D eigenvalue weighted by Gasteiger charge is -2.11. The first kappa shape index (κ1) is 33.0. The van der Waals surface area contributed by atoms with Crippen molar-refractivity contribution in [1.29, 1.82) is 0 Å². The van der Waals surface area contributed by atoms with E-state index in [4.69, 9.17) is 60.6 Å². The minimum Gasteiger partial charge on any atom is -0.478 e. The molecule has 0 unspecified atom stereocenters. The maximum Gasteiger partial charge on any atom is 0.346 e. The van der Waals surface area contributed by atoms with E-state index in [9.17, 15) is 39.0 Å². The standard InChI is InChI=1S/C30H14Cl4O11/c31-13-1-7-23(33)21(9-13)29(41)43-15-3-5-17(19(11-15)25(35)36)27(39)45-28(40)18-6-4-16(12-20(18)26(37)38)44-30(42)22-10-14(32)2-8-24(22)34/h1-12H,(H,35,36)(H,37,38). The third kappa shape index (κ3) is 7.78. The molecule has 0 radical (unpaired) electrons. The van der Waals surface area contributed by atoms with Gasteiger partial charge in [0.2, 0.25) is 0 Å². The highest BCUT2D eigenvalue weighted by molar-refractivity contribution is 6.36. The number of aromatic carboxylic acids is 2. The zero-order valence-corrected chi connectivity index (χ0v) is 25.0. The Bertz CT molecular complexity index is 1780. The van der Waals surface area contributed by atoms with E-state index in [1.807, 2.05) is 0 Å². The number of benzene rings is 4. The van der Waals surface area contributed by atoms with Gasteiger partial charge in [0, 0.05) is 10.0 Å². The number of carboxylic acids is 2. The minimum atomic E-state index is -1.65. The summed E-state index contributed by atoms with van der Waals surface area (Å²) in [4.78, 5) is 74.5. The Morgan fingerprint density at radius 2 is 0.822 bits per heavy atom. The van der Waals surface area contributed by atoms with Crippen molar-refractivity contribution in [2.24, 2.45) is 0 Å². The molecule has 0 spiro atoms. The Morgan fingerprint density at radius 1 is 0.444 bits per heavy atom. The second-order valence-corrected chi connectivity index (χ2v) is 10.4. The Morgan fingerprint density at radius 3 is 1.18 bits per heavy atom. The van der Waals surface area contributed by atoms with Crippen LogP contribution < -0.4 is 9.47 Å². The highest BCUT2D eigenvalue weighted by Crippen LogP contribution is 2.27. The molecule has 4 aromatic rings. The first-order chi connectivity index (χ1) is 21.2. The normalized spacial score (nSPS) is 10.5. The summed E-state index contributed by atoms with van der Waals surface area (Å²) in [6.45, 7) is 0. The van der Waals surface area contributed by atoms with Gasteiger partial charge in [0.15, 0.2) is 0 Å². The van der Waals surface area contributed by atoms with Crippen molar-refractivity contribution in [2.75, 3.05) is 0 Å². The van der Waals surface area contributed by atoms with Gasteiger partial charge < -0.3 is 24.4 Å². The molecule has 0 saturated heterocycles. The van der Waals surface area contributed by atoms with Crippen LogP contribution in [0.15, 0.2) is 72.8 Å². The van der Waals surface area contributed by atoms with Gasteiger partial charge in [-0.2, -0.15) is 0 Å². The highest BCUT2D eigenvalue weighted by Gasteiger charge is 2.26. The summed E-state index contributed by atoms with van der Waals surface area (Å²) >= 11 is 23.7. The number of esters is 4. The minimum absolute atomic E-state index is 0.0130. The van der Waals surface area contributed by atoms with Gasteiger partial charge in [-0.05, 0) is 72.8 Å². The Hall–Kier alpha value is -4.94. The van der Waals surface area contributed by atoms with Crippen LogP contribution in [0.3, 0.4) is 0 Å². The van der Waals surface area contributed by atoms with Crippen LogP contribution in [0.25, 0.3) is 0 Å². The van der Waals surface area contributed by atoms with Gasteiger partial charge >= 0.3 is 35.8 Å². The van der Waals surface area contributed by atoms with E-state index in [1.165, 1.54) is 36.4 Å². The first-order valence-electron chi connectivity index (χ1n) is 12.1. The molecule has 4 aromatic carbocycles. The summed E-state index contributed by atoms with van der Waals surface area (Å²) < 4.78 is 15.1. The van der Waals surface area contributed by atoms with Crippen molar-refractivity contribution in [3.8, 4) is 11.5 Å². The summed E-state index contributed by atoms with van der Waals surface area (Å²) in [5.41, 5.74) is -2.90. The second kappa shape index (κ2) is 13.8. The quantitative estimate of drug-likeness (QED) is 0.109. The molecule has 0 aliphatic heterocycles. The number of hydrogen-bond donors (Lipinski definition) is 2. The van der Waals surface area contributed by atoms with Crippen LogP contribution in [-0.4, -0.2) is 46.0 Å². The van der Waals surface area contributed by atoms with E-state index in [0.717, 1.165) is 36.4 Å². The molecule has 45 heavy (non-hydrogen) atoms. The number of halogens is 4. The van der Waals surface area contributed by atoms with Gasteiger partial charge in [-0.15, -0.1) is 0 Å². The number of carbonyl (C=O) groups is 6. The van der Waals surface area contributed by atoms with Gasteiger partial charge in [0.25, 0.3) is 0 Å². The molecule has 0 aliphatic rings. The average Bonchev–Trinajstić information content (AvgIpc) is 2.99. The SMILES string of the molecule is O=C(Oc1ccc(C(=O)OC(=O)c2ccc(OC(=O)c3cc(Cl)ccc3Cl)cc2C(=O)O)c(C(=O)O)c1)c1cc(Cl)ccc1Cl. The van der Waals surface area contributed by atoms with E-state index >= 15 is 0 Å². The van der Waals surface area contributed by atoms with Crippen LogP contribution in [-0.2, 0) is 4.74 Å². The number of rotatable bonds is 8. The van der Waals surface area contributed by atoms with Crippen LogP contribution in [0.2, 0.25) is 20.1 Å². The third-order valence-corrected chi connectivity index (χ3v) is 6.92. The predicted molar refractivity (Wildman–Crippen MR) is 159 cm³/mol. The largest absolute Gasteiger partial charge is 0.478 e. The van der Waals surface area contributed by atoms with Gasteiger partial charge in [-0.25, -0.2) is 28.8 Å². The van der Waals surface area contributed by atoms with Crippen LogP contribution in [0, 0.1) is 0 Å². The van der Waals surface area contributed by atoms with Crippen molar-refractivity contribution in [3.63, 3.8) is 0 Å². The first-order valence-corrected chi connectivity index (χ1v) is 13.6. The fraction of sp³-hybridized carbons (Fsp3) is 0. The zero-order valence-electron chi connectivity index (χ0n) is 22.0. The lowest BCUT2D eigenvalue weighted by Crippen LogP contribution is -2.19. The molecule has 0 amide bonds. The van der Waals surface area contributed by atoms with Crippen molar-refractivity contribution in [1.82, 2.24) is 0 Å². The fourth-order valence-corrected chi connectivity index (χ4v) is 4.44. The molecule has 0 atom stereocenters. The molecule has 2 N–H and O–H groups in total. The predicted octanol–water partition coefficient (Wildman–Crippen LogP) is 7.13. The van der Waals surface area contributed by atoms with E-state index in [-0.39, 0.29) is 42.7 Å². The van der Waals surface area contributed by atoms with Crippen LogP contribution in [0.5, 0.6) is 11.5 Å². The monoisotopic (exact) mass is 690 g/mol. The average molecular weight is 692 g/mol. The Kier molecular flexibility index (Phi) is 10.1. The topological polar surface area (TPSA) is 171 Å². The van der Waals surface area contributed by atoms with Gasteiger partial charge in [0.05, 0.1) is 43.4 Å². The summed E-state index contributed by atoms with van der Waals surface area (Å²) in [7, 11) is 0. The number of carbonyl (C=O) groups excluding carboxylic acids is 4. The number of ether oxygens (including phenoxy) is 3. The van der Waals surface area contributed by atoms with Crippen molar-refractivity contribution >= 4 is 82.2 Å². The highest BCUT2D eigenvalue weighted by atomic mass is 35.5. The summed E-state index contributed by atoms with van der Waals surface area (Å²) in [6, 6.07) is 13.7. The van der Waals surface area contributed by atoms with Crippen molar-refractivity contribution < 1.29 is 53.2 Å². The third-order valence-electron chi connectivity index (χ3n) is 5.79. The van der Waals surface area contributed by atoms with Crippen LogP contribution >= 0.6 is 46.4 Å². The summed E-state index contributed by atoms with van der Waals surface area (Å²) in [5, 5.41) is 19.7. The number of hydrogen-bond acceptors (Lipinski definition) is 9. The molecule has 0 fully saturated rings. The second-order valence-electron chi connectivity index (χ2n) is 8.73. The van der Waals surface area contributed by atoms with E-state index in [0.29, 0.717) is 0 Å². The van der Waals surface area contributed by atoms with Crippen LogP contribution in [0.4, 0.5) is 0 Å². The Labute approximate surface area is 272 Å². The summed E-state index contributed by atoms with van der Waals surface area (Å²) in [6.07, 6.45) is 0. The van der Waals surface area contributed by atoms with Crippen molar-refractivity contribution in [2.45, 2.75) is 0 Å². The molecule has 0 heterocycles. The van der Waals surface area contributed by atoms with E-state index in [2.05, 4.69) is 0 Å². The molecular weight excluding hydrogens is 678 g/mol. The molecule has 0 saturated carbocycles. The van der Waals surface area contributed by atoms with E-state index in [1.54, 1.807) is 0 Å². The summed E-state index contributed by atoms with van der Waals surface area (Å²) in [5.74, 6) is -8.77. The molecule has 15 heteroatoms. The van der Waals surface area contributed by atoms with Gasteiger partial charge in [-0.1, -0.05) is 46.4 Å². The lowest BCUT2D eigenvalue weighted by atomic mass is 10.1. The zero-order chi connectivity index (χ0) is 33.0. The Balaban J connectivity index is 1.54. The maximum atomic E-state index is 12.8. The van der Waals surface area contributed by atoms with Gasteiger partial charge in [-0.3, -0.25) is 0 Å². The maximum absolute atomic E-state index is 12.8. The molecule has 11 nitrogen and oxygen atoms in total. The molecule has 0 aromatic heterocycles. The van der Waals surface area contributed by atoms with Gasteiger partial charge in [0.1, 0.15) is 11.5 Å². The van der Waals surface area contributed by atoms with Crippen LogP contribution in [0.1, 0.15) is 62.1 Å². The molecule has 0 bridgehead atoms. The molecule has 228 valence electrons. The fourth-order valence-electron chi connectivity index (χ4n) is 3.71. The van der Waals surface area contributed by atoms with E-state index < -0.39 is 58.1 Å². The van der Waals surface area contributed by atoms with Crippen molar-refractivity contribution in [3.05, 3.63) is 126 Å².